The Balaban J connectivity index is 1.98. The van der Waals surface area contributed by atoms with Crippen molar-refractivity contribution in [2.45, 2.75) is 11.4 Å². The van der Waals surface area contributed by atoms with Crippen LogP contribution in [0.4, 0.5) is 10.5 Å². The van der Waals surface area contributed by atoms with Crippen molar-refractivity contribution >= 4 is 44.8 Å². The Hall–Kier alpha value is -0.980. The van der Waals surface area contributed by atoms with E-state index < -0.39 is 27.3 Å². The number of hydrogen-bond acceptors (Lipinski definition) is 3. The molecule has 2 N–H and O–H groups in total. The molecule has 1 aliphatic heterocycles. The summed E-state index contributed by atoms with van der Waals surface area (Å²) >= 11 is 11.8. The van der Waals surface area contributed by atoms with Gasteiger partial charge in [0.15, 0.2) is 9.84 Å². The molecular formula is C11H12Cl2N2O3S. The predicted octanol–water partition coefficient (Wildman–Crippen LogP) is 1.87. The lowest BCUT2D eigenvalue weighted by Gasteiger charge is -2.15. The number of para-hydroxylation sites is 1. The van der Waals surface area contributed by atoms with E-state index in [0.717, 1.165) is 0 Å². The molecule has 1 aliphatic rings. The van der Waals surface area contributed by atoms with E-state index in [1.807, 2.05) is 0 Å². The first-order valence-electron chi connectivity index (χ1n) is 5.54. The number of anilines is 1. The number of carbonyl (C=O) groups excluding carboxylic acids is 1. The Morgan fingerprint density at radius 3 is 2.53 bits per heavy atom. The molecule has 0 bridgehead atoms. The highest BCUT2D eigenvalue weighted by Gasteiger charge is 2.37. The molecule has 1 aromatic rings. The maximum atomic E-state index is 11.7. The second-order valence-corrected chi connectivity index (χ2v) is 7.40. The Morgan fingerprint density at radius 1 is 1.26 bits per heavy atom. The van der Waals surface area contributed by atoms with E-state index in [9.17, 15) is 13.2 Å². The topological polar surface area (TPSA) is 75.3 Å². The number of hydrogen-bond donors (Lipinski definition) is 2. The van der Waals surface area contributed by atoms with Gasteiger partial charge >= 0.3 is 6.03 Å². The molecule has 0 unspecified atom stereocenters. The van der Waals surface area contributed by atoms with Crippen LogP contribution in [0.5, 0.6) is 0 Å². The van der Waals surface area contributed by atoms with E-state index in [1.165, 1.54) is 0 Å². The minimum absolute atomic E-state index is 0.119. The summed E-state index contributed by atoms with van der Waals surface area (Å²) in [6.07, 6.45) is 0. The van der Waals surface area contributed by atoms with Crippen LogP contribution >= 0.6 is 23.2 Å². The number of amides is 2. The highest BCUT2D eigenvalue weighted by atomic mass is 35.5. The average Bonchev–Trinajstić information content (AvgIpc) is 2.55. The quantitative estimate of drug-likeness (QED) is 0.816. The highest BCUT2D eigenvalue weighted by Crippen LogP contribution is 2.21. The minimum atomic E-state index is -3.17. The summed E-state index contributed by atoms with van der Waals surface area (Å²) in [6.45, 7) is 0. The van der Waals surface area contributed by atoms with Crippen molar-refractivity contribution in [3.8, 4) is 0 Å². The lowest BCUT2D eigenvalue weighted by Crippen LogP contribution is -2.42. The van der Waals surface area contributed by atoms with E-state index in [0.29, 0.717) is 10.7 Å². The molecular weight excluding hydrogens is 311 g/mol. The molecule has 1 saturated heterocycles. The second kappa shape index (κ2) is 5.56. The number of urea groups is 1. The van der Waals surface area contributed by atoms with Crippen LogP contribution in [0.25, 0.3) is 0 Å². The number of nitrogens with one attached hydrogen (secondary N) is 2. The third-order valence-corrected chi connectivity index (χ3v) is 5.43. The first-order valence-corrected chi connectivity index (χ1v) is 8.17. The van der Waals surface area contributed by atoms with E-state index >= 15 is 0 Å². The van der Waals surface area contributed by atoms with E-state index in [-0.39, 0.29) is 11.5 Å². The summed E-state index contributed by atoms with van der Waals surface area (Å²) in [7, 11) is -3.17. The van der Waals surface area contributed by atoms with E-state index in [4.69, 9.17) is 23.2 Å². The fourth-order valence-corrected chi connectivity index (χ4v) is 4.56. The summed E-state index contributed by atoms with van der Waals surface area (Å²) in [5, 5.41) is 4.88. The van der Waals surface area contributed by atoms with Gasteiger partial charge in [-0.25, -0.2) is 13.2 Å². The fourth-order valence-electron chi connectivity index (χ4n) is 1.83. The smallest absolute Gasteiger partial charge is 0.319 e. The molecule has 2 atom stereocenters. The number of benzene rings is 1. The van der Waals surface area contributed by atoms with Crippen molar-refractivity contribution < 1.29 is 13.2 Å². The zero-order valence-electron chi connectivity index (χ0n) is 9.77. The van der Waals surface area contributed by atoms with Gasteiger partial charge in [0.2, 0.25) is 0 Å². The van der Waals surface area contributed by atoms with Crippen molar-refractivity contribution in [3.05, 3.63) is 29.3 Å². The average molecular weight is 323 g/mol. The summed E-state index contributed by atoms with van der Waals surface area (Å²) in [4.78, 5) is 11.7. The maximum Gasteiger partial charge on any atom is 0.319 e. The molecule has 0 radical (unpaired) electrons. The van der Waals surface area contributed by atoms with Gasteiger partial charge in [0.25, 0.3) is 0 Å². The van der Waals surface area contributed by atoms with Gasteiger partial charge in [-0.2, -0.15) is 0 Å². The van der Waals surface area contributed by atoms with E-state index in [2.05, 4.69) is 10.6 Å². The van der Waals surface area contributed by atoms with Gasteiger partial charge in [0.05, 0.1) is 33.6 Å². The first kappa shape index (κ1) is 14.4. The SMILES string of the molecule is O=C(Nc1ccccc1Cl)N[C@H]1CS(=O)(=O)C[C@@H]1Cl. The second-order valence-electron chi connectivity index (χ2n) is 4.28. The Labute approximate surface area is 121 Å². The van der Waals surface area contributed by atoms with Gasteiger partial charge in [-0.1, -0.05) is 23.7 Å². The molecule has 5 nitrogen and oxygen atoms in total. The number of rotatable bonds is 2. The zero-order valence-corrected chi connectivity index (χ0v) is 12.1. The molecule has 0 aliphatic carbocycles. The molecule has 8 heteroatoms. The van der Waals surface area contributed by atoms with Gasteiger partial charge in [-0.15, -0.1) is 11.6 Å². The van der Waals surface area contributed by atoms with Crippen LogP contribution in [0, 0.1) is 0 Å². The van der Waals surface area contributed by atoms with Gasteiger partial charge in [0, 0.05) is 0 Å². The van der Waals surface area contributed by atoms with Crippen LogP contribution in [0.1, 0.15) is 0 Å². The normalized spacial score (nSPS) is 24.9. The minimum Gasteiger partial charge on any atom is -0.333 e. The largest absolute Gasteiger partial charge is 0.333 e. The number of halogens is 2. The van der Waals surface area contributed by atoms with Gasteiger partial charge in [-0.3, -0.25) is 0 Å². The Morgan fingerprint density at radius 2 is 1.95 bits per heavy atom. The van der Waals surface area contributed by atoms with Crippen molar-refractivity contribution in [2.75, 3.05) is 16.8 Å². The standard InChI is InChI=1S/C11H12Cl2N2O3S/c12-7-3-1-2-4-9(7)14-11(16)15-10-6-19(17,18)5-8(10)13/h1-4,8,10H,5-6H2,(H2,14,15,16)/t8-,10-/m0/s1. The van der Waals surface area contributed by atoms with Crippen molar-refractivity contribution in [3.63, 3.8) is 0 Å². The summed E-state index contributed by atoms with van der Waals surface area (Å²) in [6, 6.07) is 5.64. The molecule has 104 valence electrons. The van der Waals surface area contributed by atoms with E-state index in [1.54, 1.807) is 24.3 Å². The third kappa shape index (κ3) is 3.75. The highest BCUT2D eigenvalue weighted by molar-refractivity contribution is 7.91. The molecule has 0 aromatic heterocycles. The molecule has 19 heavy (non-hydrogen) atoms. The maximum absolute atomic E-state index is 11.7. The fraction of sp³-hybridized carbons (Fsp3) is 0.364. The van der Waals surface area contributed by atoms with Crippen LogP contribution in [-0.2, 0) is 9.84 Å². The van der Waals surface area contributed by atoms with Gasteiger partial charge in [-0.05, 0) is 12.1 Å². The molecule has 2 amide bonds. The van der Waals surface area contributed by atoms with Crippen LogP contribution in [0.2, 0.25) is 5.02 Å². The van der Waals surface area contributed by atoms with Crippen molar-refractivity contribution in [1.82, 2.24) is 5.32 Å². The molecule has 1 aromatic carbocycles. The number of alkyl halides is 1. The van der Waals surface area contributed by atoms with Gasteiger partial charge in [0.1, 0.15) is 0 Å². The molecule has 1 fully saturated rings. The monoisotopic (exact) mass is 322 g/mol. The molecule has 2 rings (SSSR count). The lowest BCUT2D eigenvalue weighted by atomic mass is 10.2. The number of carbonyl (C=O) groups is 1. The molecule has 0 saturated carbocycles. The summed E-state index contributed by atoms with van der Waals surface area (Å²) in [5.74, 6) is -0.261. The summed E-state index contributed by atoms with van der Waals surface area (Å²) in [5.41, 5.74) is 0.452. The van der Waals surface area contributed by atoms with Crippen LogP contribution in [0.15, 0.2) is 24.3 Å². The summed E-state index contributed by atoms with van der Waals surface area (Å²) < 4.78 is 22.7. The van der Waals surface area contributed by atoms with Crippen LogP contribution < -0.4 is 10.6 Å². The lowest BCUT2D eigenvalue weighted by molar-refractivity contribution is 0.249. The Bertz CT molecular complexity index is 591. The molecule has 0 spiro atoms. The predicted molar refractivity (Wildman–Crippen MR) is 75.7 cm³/mol. The van der Waals surface area contributed by atoms with Crippen molar-refractivity contribution in [2.24, 2.45) is 0 Å². The first-order chi connectivity index (χ1) is 8.87. The van der Waals surface area contributed by atoms with Crippen LogP contribution in [0.3, 0.4) is 0 Å². The zero-order chi connectivity index (χ0) is 14.0. The number of sulfone groups is 1. The third-order valence-electron chi connectivity index (χ3n) is 2.72. The van der Waals surface area contributed by atoms with Gasteiger partial charge < -0.3 is 10.6 Å². The molecule has 1 heterocycles. The van der Waals surface area contributed by atoms with Crippen molar-refractivity contribution in [1.29, 1.82) is 0 Å². The van der Waals surface area contributed by atoms with Crippen LogP contribution in [-0.4, -0.2) is 37.4 Å². The Kier molecular flexibility index (Phi) is 4.23.